The second kappa shape index (κ2) is 6.46. The van der Waals surface area contributed by atoms with Crippen molar-refractivity contribution < 1.29 is 13.2 Å². The molecule has 1 fully saturated rings. The van der Waals surface area contributed by atoms with Crippen LogP contribution < -0.4 is 5.32 Å². The van der Waals surface area contributed by atoms with Crippen molar-refractivity contribution in [2.24, 2.45) is 5.92 Å². The van der Waals surface area contributed by atoms with Crippen LogP contribution in [-0.4, -0.2) is 43.3 Å². The summed E-state index contributed by atoms with van der Waals surface area (Å²) < 4.78 is 23.4. The number of carbonyl (C=O) groups excluding carboxylic acids is 1. The van der Waals surface area contributed by atoms with Gasteiger partial charge in [-0.15, -0.1) is 11.3 Å². The van der Waals surface area contributed by atoms with Crippen molar-refractivity contribution >= 4 is 27.1 Å². The van der Waals surface area contributed by atoms with E-state index in [1.807, 2.05) is 31.4 Å². The Balaban J connectivity index is 2.19. The highest BCUT2D eigenvalue weighted by Crippen LogP contribution is 2.30. The van der Waals surface area contributed by atoms with E-state index in [0.29, 0.717) is 0 Å². The van der Waals surface area contributed by atoms with Crippen LogP contribution in [0.3, 0.4) is 0 Å². The molecule has 0 spiro atoms. The second-order valence-electron chi connectivity index (χ2n) is 5.57. The summed E-state index contributed by atoms with van der Waals surface area (Å²) in [5.41, 5.74) is 0. The van der Waals surface area contributed by atoms with Gasteiger partial charge in [-0.1, -0.05) is 26.8 Å². The van der Waals surface area contributed by atoms with Gasteiger partial charge in [0.25, 0.3) is 0 Å². The SMILES string of the molecule is CCS(=O)(=O)CCN1C(=O)C(C(C)C)NC1c1cccs1. The van der Waals surface area contributed by atoms with Crippen molar-refractivity contribution in [2.75, 3.05) is 18.1 Å². The fourth-order valence-electron chi connectivity index (χ4n) is 2.42. The Morgan fingerprint density at radius 1 is 1.43 bits per heavy atom. The molecule has 1 aliphatic heterocycles. The number of rotatable bonds is 6. The molecule has 118 valence electrons. The number of carbonyl (C=O) groups is 1. The maximum absolute atomic E-state index is 12.5. The molecule has 0 aliphatic carbocycles. The molecule has 21 heavy (non-hydrogen) atoms. The average Bonchev–Trinajstić information content (AvgIpc) is 3.04. The molecule has 0 saturated carbocycles. The Hall–Kier alpha value is -0.920. The molecular formula is C14H22N2O3S2. The van der Waals surface area contributed by atoms with Gasteiger partial charge in [-0.25, -0.2) is 8.42 Å². The number of nitrogens with zero attached hydrogens (tertiary/aromatic N) is 1. The Morgan fingerprint density at radius 3 is 2.67 bits per heavy atom. The molecule has 1 amide bonds. The zero-order chi connectivity index (χ0) is 15.6. The van der Waals surface area contributed by atoms with Crippen LogP contribution in [0.15, 0.2) is 17.5 Å². The summed E-state index contributed by atoms with van der Waals surface area (Å²) in [6, 6.07) is 3.66. The van der Waals surface area contributed by atoms with E-state index < -0.39 is 9.84 Å². The van der Waals surface area contributed by atoms with Gasteiger partial charge < -0.3 is 4.90 Å². The summed E-state index contributed by atoms with van der Waals surface area (Å²) in [4.78, 5) is 15.2. The highest BCUT2D eigenvalue weighted by atomic mass is 32.2. The molecule has 2 unspecified atom stereocenters. The van der Waals surface area contributed by atoms with Gasteiger partial charge in [-0.05, 0) is 17.4 Å². The van der Waals surface area contributed by atoms with E-state index in [2.05, 4.69) is 5.32 Å². The average molecular weight is 330 g/mol. The first-order chi connectivity index (χ1) is 9.85. The molecule has 5 nitrogen and oxygen atoms in total. The molecule has 2 atom stereocenters. The molecule has 1 aromatic heterocycles. The lowest BCUT2D eigenvalue weighted by Crippen LogP contribution is -2.36. The van der Waals surface area contributed by atoms with Crippen LogP contribution in [0.1, 0.15) is 31.8 Å². The Morgan fingerprint density at radius 2 is 2.14 bits per heavy atom. The van der Waals surface area contributed by atoms with Crippen molar-refractivity contribution in [2.45, 2.75) is 33.0 Å². The van der Waals surface area contributed by atoms with E-state index >= 15 is 0 Å². The first kappa shape index (κ1) is 16.5. The van der Waals surface area contributed by atoms with E-state index in [1.165, 1.54) is 0 Å². The van der Waals surface area contributed by atoms with Gasteiger partial charge in [0, 0.05) is 17.2 Å². The van der Waals surface area contributed by atoms with Gasteiger partial charge in [0.15, 0.2) is 9.84 Å². The topological polar surface area (TPSA) is 66.5 Å². The monoisotopic (exact) mass is 330 g/mol. The Labute approximate surface area is 130 Å². The summed E-state index contributed by atoms with van der Waals surface area (Å²) in [6.07, 6.45) is -0.211. The van der Waals surface area contributed by atoms with Gasteiger partial charge in [0.2, 0.25) is 5.91 Å². The van der Waals surface area contributed by atoms with Crippen LogP contribution in [0.2, 0.25) is 0 Å². The van der Waals surface area contributed by atoms with E-state index in [9.17, 15) is 13.2 Å². The van der Waals surface area contributed by atoms with Gasteiger partial charge in [0.05, 0.1) is 11.8 Å². The van der Waals surface area contributed by atoms with Crippen LogP contribution in [0.4, 0.5) is 0 Å². The van der Waals surface area contributed by atoms with E-state index in [4.69, 9.17) is 0 Å². The Kier molecular flexibility index (Phi) is 5.06. The Bertz CT molecular complexity index is 581. The minimum Gasteiger partial charge on any atom is -0.320 e. The molecule has 2 rings (SSSR count). The predicted octanol–water partition coefficient (Wildman–Crippen LogP) is 1.64. The van der Waals surface area contributed by atoms with Gasteiger partial charge >= 0.3 is 0 Å². The number of nitrogens with one attached hydrogen (secondary N) is 1. The standard InChI is InChI=1S/C14H22N2O3S2/c1-4-21(18,19)9-7-16-13(11-6-5-8-20-11)15-12(10(2)3)14(16)17/h5-6,8,10,12-13,15H,4,7,9H2,1-3H3. The number of sulfone groups is 1. The lowest BCUT2D eigenvalue weighted by molar-refractivity contribution is -0.130. The second-order valence-corrected chi connectivity index (χ2v) is 9.03. The summed E-state index contributed by atoms with van der Waals surface area (Å²) >= 11 is 1.57. The van der Waals surface area contributed by atoms with E-state index in [-0.39, 0.29) is 42.1 Å². The zero-order valence-corrected chi connectivity index (χ0v) is 14.2. The fourth-order valence-corrected chi connectivity index (χ4v) is 3.98. The molecule has 1 aromatic rings. The first-order valence-corrected chi connectivity index (χ1v) is 9.86. The van der Waals surface area contributed by atoms with Crippen LogP contribution in [0, 0.1) is 5.92 Å². The molecule has 0 radical (unpaired) electrons. The van der Waals surface area contributed by atoms with Crippen molar-refractivity contribution in [1.29, 1.82) is 0 Å². The van der Waals surface area contributed by atoms with Crippen LogP contribution >= 0.6 is 11.3 Å². The minimum atomic E-state index is -3.08. The summed E-state index contributed by atoms with van der Waals surface area (Å²) in [7, 11) is -3.08. The van der Waals surface area contributed by atoms with Crippen LogP contribution in [0.25, 0.3) is 0 Å². The predicted molar refractivity (Wildman–Crippen MR) is 84.9 cm³/mol. The lowest BCUT2D eigenvalue weighted by atomic mass is 10.1. The highest BCUT2D eigenvalue weighted by molar-refractivity contribution is 7.91. The number of thiophene rings is 1. The van der Waals surface area contributed by atoms with E-state index in [1.54, 1.807) is 23.2 Å². The van der Waals surface area contributed by atoms with Crippen molar-refractivity contribution in [3.05, 3.63) is 22.4 Å². The molecule has 7 heteroatoms. The molecule has 1 N–H and O–H groups in total. The summed E-state index contributed by atoms with van der Waals surface area (Å²) in [5, 5.41) is 5.30. The van der Waals surface area contributed by atoms with E-state index in [0.717, 1.165) is 4.88 Å². The molecular weight excluding hydrogens is 308 g/mol. The quantitative estimate of drug-likeness (QED) is 0.861. The van der Waals surface area contributed by atoms with Gasteiger partial charge in [0.1, 0.15) is 6.17 Å². The maximum atomic E-state index is 12.5. The first-order valence-electron chi connectivity index (χ1n) is 7.16. The third-order valence-corrected chi connectivity index (χ3v) is 6.37. The molecule has 1 aliphatic rings. The van der Waals surface area contributed by atoms with Crippen LogP contribution in [-0.2, 0) is 14.6 Å². The zero-order valence-electron chi connectivity index (χ0n) is 12.6. The smallest absolute Gasteiger partial charge is 0.241 e. The number of amides is 1. The molecule has 1 saturated heterocycles. The number of hydrogen-bond acceptors (Lipinski definition) is 5. The lowest BCUT2D eigenvalue weighted by Gasteiger charge is -2.23. The molecule has 0 bridgehead atoms. The largest absolute Gasteiger partial charge is 0.320 e. The van der Waals surface area contributed by atoms with Crippen molar-refractivity contribution in [3.63, 3.8) is 0 Å². The third-order valence-electron chi connectivity index (χ3n) is 3.76. The minimum absolute atomic E-state index is 0.00490. The number of hydrogen-bond donors (Lipinski definition) is 1. The fraction of sp³-hybridized carbons (Fsp3) is 0.643. The van der Waals surface area contributed by atoms with Crippen molar-refractivity contribution in [1.82, 2.24) is 10.2 Å². The van der Waals surface area contributed by atoms with Gasteiger partial charge in [-0.2, -0.15) is 0 Å². The van der Waals surface area contributed by atoms with Crippen molar-refractivity contribution in [3.8, 4) is 0 Å². The maximum Gasteiger partial charge on any atom is 0.241 e. The van der Waals surface area contributed by atoms with Crippen LogP contribution in [0.5, 0.6) is 0 Å². The molecule has 0 aromatic carbocycles. The normalized spacial score (nSPS) is 23.2. The summed E-state index contributed by atoms with van der Waals surface area (Å²) in [5.74, 6) is 0.297. The highest BCUT2D eigenvalue weighted by Gasteiger charge is 2.41. The summed E-state index contributed by atoms with van der Waals surface area (Å²) in [6.45, 7) is 5.86. The third kappa shape index (κ3) is 3.64. The molecule has 2 heterocycles. The van der Waals surface area contributed by atoms with Gasteiger partial charge in [-0.3, -0.25) is 10.1 Å².